The monoisotopic (exact) mass is 419 g/mol. The van der Waals surface area contributed by atoms with Crippen LogP contribution in [0.5, 0.6) is 5.88 Å². The molecule has 0 N–H and O–H groups in total. The van der Waals surface area contributed by atoms with Crippen molar-refractivity contribution in [3.8, 4) is 5.88 Å². The van der Waals surface area contributed by atoms with Gasteiger partial charge < -0.3 is 19.1 Å². The Balaban J connectivity index is 1.49. The van der Waals surface area contributed by atoms with Gasteiger partial charge in [0.05, 0.1) is 29.6 Å². The van der Waals surface area contributed by atoms with Gasteiger partial charge in [0, 0.05) is 12.3 Å². The van der Waals surface area contributed by atoms with Crippen LogP contribution < -0.4 is 4.74 Å². The van der Waals surface area contributed by atoms with Crippen LogP contribution in [0.2, 0.25) is 5.15 Å². The highest BCUT2D eigenvalue weighted by Crippen LogP contribution is 2.40. The maximum Gasteiger partial charge on any atom is 0.410 e. The molecule has 1 aliphatic carbocycles. The average molecular weight is 420 g/mol. The smallest absolute Gasteiger partial charge is 0.410 e. The molecule has 0 aromatic carbocycles. The molecule has 1 aliphatic heterocycles. The minimum atomic E-state index is -0.537. The zero-order valence-electron chi connectivity index (χ0n) is 17.0. The lowest BCUT2D eigenvalue weighted by Crippen LogP contribution is -2.61. The number of pyridine rings is 2. The summed E-state index contributed by atoms with van der Waals surface area (Å²) in [7, 11) is 0. The topological polar surface area (TPSA) is 73.8 Å². The molecule has 0 bridgehead atoms. The van der Waals surface area contributed by atoms with Crippen molar-refractivity contribution < 1.29 is 19.0 Å². The Morgan fingerprint density at radius 1 is 1.41 bits per heavy atom. The first kappa shape index (κ1) is 20.2. The van der Waals surface area contributed by atoms with Gasteiger partial charge in [0.2, 0.25) is 5.88 Å². The van der Waals surface area contributed by atoms with Gasteiger partial charge in [-0.1, -0.05) is 11.6 Å². The standard InChI is InChI=1S/C21H26ClN3O4/c1-20(2,3)29-19(26)25-11-14(28-21(13-25)7-5-8-21)12-27-18-15-6-4-9-23-16(15)10-17(22)24-18/h4,6,9-10,14H,5,7-8,11-13H2,1-3H3/t14-/m0/s1. The maximum absolute atomic E-state index is 12.7. The van der Waals surface area contributed by atoms with E-state index in [0.29, 0.717) is 24.1 Å². The van der Waals surface area contributed by atoms with Crippen molar-refractivity contribution in [3.05, 3.63) is 29.5 Å². The number of amides is 1. The molecule has 3 heterocycles. The largest absolute Gasteiger partial charge is 0.474 e. The minimum Gasteiger partial charge on any atom is -0.474 e. The van der Waals surface area contributed by atoms with Crippen LogP contribution in [-0.4, -0.2) is 58.0 Å². The molecule has 1 spiro atoms. The Bertz CT molecular complexity index is 910. The van der Waals surface area contributed by atoms with Crippen LogP contribution in [0.15, 0.2) is 24.4 Å². The molecule has 0 unspecified atom stereocenters. The van der Waals surface area contributed by atoms with Gasteiger partial charge in [-0.05, 0) is 52.2 Å². The predicted octanol–water partition coefficient (Wildman–Crippen LogP) is 4.22. The number of aromatic nitrogens is 2. The van der Waals surface area contributed by atoms with Crippen LogP contribution in [0.3, 0.4) is 0 Å². The van der Waals surface area contributed by atoms with Crippen molar-refractivity contribution in [1.82, 2.24) is 14.9 Å². The fourth-order valence-electron chi connectivity index (χ4n) is 3.78. The first-order valence-electron chi connectivity index (χ1n) is 9.93. The van der Waals surface area contributed by atoms with E-state index < -0.39 is 5.60 Å². The van der Waals surface area contributed by atoms with E-state index in [2.05, 4.69) is 9.97 Å². The molecule has 2 aliphatic rings. The van der Waals surface area contributed by atoms with Gasteiger partial charge in [-0.2, -0.15) is 0 Å². The van der Waals surface area contributed by atoms with Crippen molar-refractivity contribution in [3.63, 3.8) is 0 Å². The summed E-state index contributed by atoms with van der Waals surface area (Å²) >= 11 is 6.12. The lowest BCUT2D eigenvalue weighted by atomic mass is 9.78. The number of carbonyl (C=O) groups excluding carboxylic acids is 1. The van der Waals surface area contributed by atoms with E-state index in [9.17, 15) is 4.79 Å². The van der Waals surface area contributed by atoms with Crippen molar-refractivity contribution in [1.29, 1.82) is 0 Å². The Hall–Kier alpha value is -2.12. The van der Waals surface area contributed by atoms with Gasteiger partial charge in [0.1, 0.15) is 23.5 Å². The molecule has 2 aromatic rings. The second-order valence-corrected chi connectivity index (χ2v) is 9.16. The quantitative estimate of drug-likeness (QED) is 0.693. The van der Waals surface area contributed by atoms with Crippen molar-refractivity contribution in [2.24, 2.45) is 0 Å². The lowest BCUT2D eigenvalue weighted by molar-refractivity contribution is -0.193. The number of morpholine rings is 1. The molecule has 1 atom stereocenters. The number of nitrogens with zero attached hydrogens (tertiary/aromatic N) is 3. The second-order valence-electron chi connectivity index (χ2n) is 8.77. The summed E-state index contributed by atoms with van der Waals surface area (Å²) in [6.07, 6.45) is 4.08. The van der Waals surface area contributed by atoms with Crippen LogP contribution in [-0.2, 0) is 9.47 Å². The third-order valence-electron chi connectivity index (χ3n) is 5.18. The summed E-state index contributed by atoms with van der Waals surface area (Å²) in [6.45, 7) is 6.84. The van der Waals surface area contributed by atoms with E-state index in [1.54, 1.807) is 17.2 Å². The Morgan fingerprint density at radius 3 is 2.90 bits per heavy atom. The first-order valence-corrected chi connectivity index (χ1v) is 10.3. The summed E-state index contributed by atoms with van der Waals surface area (Å²) in [5, 5.41) is 1.11. The van der Waals surface area contributed by atoms with Crippen LogP contribution in [0.4, 0.5) is 4.79 Å². The molecule has 1 amide bonds. The van der Waals surface area contributed by atoms with Gasteiger partial charge >= 0.3 is 6.09 Å². The summed E-state index contributed by atoms with van der Waals surface area (Å²) in [5.41, 5.74) is -0.114. The number of fused-ring (bicyclic) bond motifs is 1. The van der Waals surface area contributed by atoms with E-state index in [1.165, 1.54) is 0 Å². The third-order valence-corrected chi connectivity index (χ3v) is 5.37. The Morgan fingerprint density at radius 2 is 2.21 bits per heavy atom. The average Bonchev–Trinajstić information content (AvgIpc) is 2.63. The number of rotatable bonds is 3. The zero-order chi connectivity index (χ0) is 20.6. The van der Waals surface area contributed by atoms with E-state index in [1.807, 2.05) is 32.9 Å². The van der Waals surface area contributed by atoms with Crippen LogP contribution in [0.1, 0.15) is 40.0 Å². The number of carbonyl (C=O) groups is 1. The molecular formula is C21H26ClN3O4. The fourth-order valence-corrected chi connectivity index (χ4v) is 3.96. The second kappa shape index (κ2) is 7.61. The summed E-state index contributed by atoms with van der Waals surface area (Å²) in [4.78, 5) is 23.0. The molecular weight excluding hydrogens is 394 g/mol. The molecule has 1 saturated heterocycles. The molecule has 8 heteroatoms. The van der Waals surface area contributed by atoms with Crippen molar-refractivity contribution >= 4 is 28.6 Å². The van der Waals surface area contributed by atoms with Gasteiger partial charge in [-0.25, -0.2) is 9.78 Å². The summed E-state index contributed by atoms with van der Waals surface area (Å²) in [5.74, 6) is 0.418. The van der Waals surface area contributed by atoms with Gasteiger partial charge in [-0.3, -0.25) is 4.98 Å². The van der Waals surface area contributed by atoms with Crippen LogP contribution in [0, 0.1) is 0 Å². The molecule has 4 rings (SSSR count). The number of hydrogen-bond donors (Lipinski definition) is 0. The number of hydrogen-bond acceptors (Lipinski definition) is 6. The Labute approximate surface area is 175 Å². The third kappa shape index (κ3) is 4.56. The molecule has 29 heavy (non-hydrogen) atoms. The van der Waals surface area contributed by atoms with E-state index in [-0.39, 0.29) is 24.4 Å². The minimum absolute atomic E-state index is 0.262. The van der Waals surface area contributed by atoms with Gasteiger partial charge in [0.25, 0.3) is 0 Å². The Kier molecular flexibility index (Phi) is 5.29. The first-order chi connectivity index (χ1) is 13.7. The van der Waals surface area contributed by atoms with Crippen LogP contribution >= 0.6 is 11.6 Å². The predicted molar refractivity (Wildman–Crippen MR) is 109 cm³/mol. The zero-order valence-corrected chi connectivity index (χ0v) is 17.7. The van der Waals surface area contributed by atoms with E-state index >= 15 is 0 Å². The molecule has 156 valence electrons. The molecule has 2 aromatic heterocycles. The normalized spacial score (nSPS) is 21.1. The van der Waals surface area contributed by atoms with E-state index in [4.69, 9.17) is 25.8 Å². The van der Waals surface area contributed by atoms with Gasteiger partial charge in [0.15, 0.2) is 0 Å². The van der Waals surface area contributed by atoms with Crippen molar-refractivity contribution in [2.45, 2.75) is 57.3 Å². The highest BCUT2D eigenvalue weighted by atomic mass is 35.5. The van der Waals surface area contributed by atoms with Crippen LogP contribution in [0.25, 0.3) is 10.9 Å². The number of ether oxygens (including phenoxy) is 3. The molecule has 1 saturated carbocycles. The van der Waals surface area contributed by atoms with Crippen molar-refractivity contribution in [2.75, 3.05) is 19.7 Å². The lowest BCUT2D eigenvalue weighted by Gasteiger charge is -2.50. The molecule has 0 radical (unpaired) electrons. The summed E-state index contributed by atoms with van der Waals surface area (Å²) in [6, 6.07) is 5.42. The highest BCUT2D eigenvalue weighted by molar-refractivity contribution is 6.30. The molecule has 7 nitrogen and oxygen atoms in total. The van der Waals surface area contributed by atoms with Gasteiger partial charge in [-0.15, -0.1) is 0 Å². The molecule has 2 fully saturated rings. The summed E-state index contributed by atoms with van der Waals surface area (Å²) < 4.78 is 17.9. The fraction of sp³-hybridized carbons (Fsp3) is 0.571. The number of halogens is 1. The highest BCUT2D eigenvalue weighted by Gasteiger charge is 2.47. The SMILES string of the molecule is CC(C)(C)OC(=O)N1C[C@@H](COc2nc(Cl)cc3ncccc23)OC2(CCC2)C1. The maximum atomic E-state index is 12.7. The van der Waals surface area contributed by atoms with E-state index in [0.717, 1.165) is 30.2 Å².